The Bertz CT molecular complexity index is 1190. The highest BCUT2D eigenvalue weighted by Crippen LogP contribution is 2.44. The van der Waals surface area contributed by atoms with Gasteiger partial charge in [-0.1, -0.05) is 25.1 Å². The van der Waals surface area contributed by atoms with E-state index in [2.05, 4.69) is 12.6 Å². The molecule has 35 heavy (non-hydrogen) atoms. The van der Waals surface area contributed by atoms with Crippen LogP contribution in [0.15, 0.2) is 59.8 Å². The van der Waals surface area contributed by atoms with E-state index >= 15 is 0 Å². The zero-order valence-electron chi connectivity index (χ0n) is 19.3. The van der Waals surface area contributed by atoms with Crippen molar-refractivity contribution in [1.82, 2.24) is 4.90 Å². The van der Waals surface area contributed by atoms with Crippen LogP contribution in [0.1, 0.15) is 49.9 Å². The third kappa shape index (κ3) is 5.15. The first-order valence-corrected chi connectivity index (χ1v) is 11.4. The molecule has 2 aromatic rings. The van der Waals surface area contributed by atoms with Crippen LogP contribution in [0.4, 0.5) is 18.9 Å². The number of carbonyl (C=O) groups excluding carboxylic acids is 2. The van der Waals surface area contributed by atoms with Crippen LogP contribution in [0.2, 0.25) is 0 Å². The average Bonchev–Trinajstić information content (AvgIpc) is 2.83. The number of allylic oxidation sites excluding steroid dienone is 1. The molecule has 2 atom stereocenters. The van der Waals surface area contributed by atoms with Crippen LogP contribution < -0.4 is 4.90 Å². The van der Waals surface area contributed by atoms with Crippen molar-refractivity contribution < 1.29 is 27.5 Å². The SMILES string of the molecule is CCOC(=O)C1=C(C)N(c2cccc(C(F)(F)F)c2)C(S)N(C(=O)CC)C1c1ccc(C#N)cc1. The van der Waals surface area contributed by atoms with Crippen molar-refractivity contribution >= 4 is 30.2 Å². The number of hydrogen-bond donors (Lipinski definition) is 1. The van der Waals surface area contributed by atoms with E-state index in [1.54, 1.807) is 45.0 Å². The smallest absolute Gasteiger partial charge is 0.416 e. The number of carbonyl (C=O) groups is 2. The standard InChI is InChI=1S/C25H24F3N3O3S/c1-4-20(32)31-22(17-11-9-16(14-29)10-12-17)21(23(33)34-5-2)15(3)30(24(31)35)19-8-6-7-18(13-19)25(26,27)28/h6-13,22,24,35H,4-5H2,1-3H3. The lowest BCUT2D eigenvalue weighted by molar-refractivity contribution is -0.141. The lowest BCUT2D eigenvalue weighted by Crippen LogP contribution is -2.54. The van der Waals surface area contributed by atoms with Crippen LogP contribution in [0.5, 0.6) is 0 Å². The van der Waals surface area contributed by atoms with Crippen molar-refractivity contribution in [2.45, 2.75) is 44.9 Å². The van der Waals surface area contributed by atoms with Gasteiger partial charge in [0.25, 0.3) is 0 Å². The monoisotopic (exact) mass is 503 g/mol. The summed E-state index contributed by atoms with van der Waals surface area (Å²) in [6.45, 7) is 4.92. The Morgan fingerprint density at radius 1 is 1.14 bits per heavy atom. The Balaban J connectivity index is 2.29. The molecule has 2 unspecified atom stereocenters. The van der Waals surface area contributed by atoms with Gasteiger partial charge in [-0.15, -0.1) is 12.6 Å². The molecule has 0 saturated heterocycles. The van der Waals surface area contributed by atoms with Crippen LogP contribution in [0, 0.1) is 11.3 Å². The number of nitriles is 1. The highest BCUT2D eigenvalue weighted by atomic mass is 32.1. The fraction of sp³-hybridized carbons (Fsp3) is 0.320. The molecule has 0 aliphatic carbocycles. The van der Waals surface area contributed by atoms with E-state index in [4.69, 9.17) is 10.00 Å². The van der Waals surface area contributed by atoms with Gasteiger partial charge in [-0.3, -0.25) is 4.79 Å². The van der Waals surface area contributed by atoms with Gasteiger partial charge in [0.1, 0.15) is 0 Å². The predicted octanol–water partition coefficient (Wildman–Crippen LogP) is 5.43. The normalized spacial score (nSPS) is 18.3. The van der Waals surface area contributed by atoms with Crippen LogP contribution in [0.3, 0.4) is 0 Å². The summed E-state index contributed by atoms with van der Waals surface area (Å²) in [6.07, 6.45) is -4.52. The molecule has 1 aliphatic heterocycles. The van der Waals surface area contributed by atoms with E-state index in [9.17, 15) is 22.8 Å². The van der Waals surface area contributed by atoms with E-state index < -0.39 is 29.2 Å². The van der Waals surface area contributed by atoms with Crippen molar-refractivity contribution in [2.24, 2.45) is 0 Å². The van der Waals surface area contributed by atoms with Gasteiger partial charge in [0.05, 0.1) is 35.4 Å². The molecular weight excluding hydrogens is 479 g/mol. The fourth-order valence-electron chi connectivity index (χ4n) is 4.05. The maximum absolute atomic E-state index is 13.4. The molecule has 1 heterocycles. The molecule has 0 bridgehead atoms. The first-order chi connectivity index (χ1) is 16.5. The minimum Gasteiger partial charge on any atom is -0.463 e. The number of hydrogen-bond acceptors (Lipinski definition) is 6. The van der Waals surface area contributed by atoms with Gasteiger partial charge in [0.2, 0.25) is 5.91 Å². The Labute approximate surface area is 207 Å². The van der Waals surface area contributed by atoms with Crippen LogP contribution >= 0.6 is 12.6 Å². The molecular formula is C25H24F3N3O3S. The minimum absolute atomic E-state index is 0.0608. The molecule has 6 nitrogen and oxygen atoms in total. The lowest BCUT2D eigenvalue weighted by atomic mass is 9.92. The largest absolute Gasteiger partial charge is 0.463 e. The number of rotatable bonds is 5. The quantitative estimate of drug-likeness (QED) is 0.435. The van der Waals surface area contributed by atoms with Crippen LogP contribution in [-0.4, -0.2) is 28.9 Å². The molecule has 0 aromatic heterocycles. The summed E-state index contributed by atoms with van der Waals surface area (Å²) in [5.74, 6) is -1.07. The molecule has 0 spiro atoms. The summed E-state index contributed by atoms with van der Waals surface area (Å²) in [5.41, 5.74) is -0.446. The molecule has 0 saturated carbocycles. The number of thiol groups is 1. The summed E-state index contributed by atoms with van der Waals surface area (Å²) in [6, 6.07) is 12.1. The second-order valence-electron chi connectivity index (χ2n) is 7.77. The first kappa shape index (κ1) is 26.2. The van der Waals surface area contributed by atoms with E-state index in [-0.39, 0.29) is 30.2 Å². The van der Waals surface area contributed by atoms with Gasteiger partial charge in [-0.25, -0.2) is 4.79 Å². The maximum atomic E-state index is 13.4. The molecule has 1 amide bonds. The minimum atomic E-state index is -4.58. The van der Waals surface area contributed by atoms with Gasteiger partial charge in [-0.2, -0.15) is 18.4 Å². The zero-order valence-corrected chi connectivity index (χ0v) is 20.2. The van der Waals surface area contributed by atoms with Gasteiger partial charge in [0, 0.05) is 17.8 Å². The summed E-state index contributed by atoms with van der Waals surface area (Å²) in [5, 5.41) is 9.15. The Morgan fingerprint density at radius 3 is 2.34 bits per heavy atom. The number of alkyl halides is 3. The van der Waals surface area contributed by atoms with Gasteiger partial charge in [0.15, 0.2) is 5.50 Å². The average molecular weight is 504 g/mol. The second-order valence-corrected chi connectivity index (χ2v) is 8.24. The van der Waals surface area contributed by atoms with Crippen LogP contribution in [-0.2, 0) is 20.5 Å². The summed E-state index contributed by atoms with van der Waals surface area (Å²) in [7, 11) is 0. The lowest BCUT2D eigenvalue weighted by Gasteiger charge is -2.48. The van der Waals surface area contributed by atoms with E-state index in [1.807, 2.05) is 6.07 Å². The third-order valence-electron chi connectivity index (χ3n) is 5.68. The van der Waals surface area contributed by atoms with Gasteiger partial charge in [-0.05, 0) is 49.7 Å². The van der Waals surface area contributed by atoms with Crippen molar-refractivity contribution in [2.75, 3.05) is 11.5 Å². The molecule has 0 radical (unpaired) electrons. The summed E-state index contributed by atoms with van der Waals surface area (Å²) in [4.78, 5) is 29.1. The van der Waals surface area contributed by atoms with Crippen molar-refractivity contribution in [3.8, 4) is 6.07 Å². The predicted molar refractivity (Wildman–Crippen MR) is 127 cm³/mol. The van der Waals surface area contributed by atoms with E-state index in [0.29, 0.717) is 16.8 Å². The molecule has 10 heteroatoms. The maximum Gasteiger partial charge on any atom is 0.416 e. The van der Waals surface area contributed by atoms with Crippen molar-refractivity contribution in [1.29, 1.82) is 5.26 Å². The van der Waals surface area contributed by atoms with E-state index in [1.165, 1.54) is 21.9 Å². The van der Waals surface area contributed by atoms with Gasteiger partial charge >= 0.3 is 12.1 Å². The number of amides is 1. The number of esters is 1. The number of halogens is 3. The Kier molecular flexibility index (Phi) is 7.80. The molecule has 3 rings (SSSR count). The molecule has 2 aromatic carbocycles. The van der Waals surface area contributed by atoms with Crippen molar-refractivity contribution in [3.63, 3.8) is 0 Å². The summed E-state index contributed by atoms with van der Waals surface area (Å²) >= 11 is 4.64. The number of benzene rings is 2. The summed E-state index contributed by atoms with van der Waals surface area (Å²) < 4.78 is 45.6. The zero-order chi connectivity index (χ0) is 25.9. The second kappa shape index (κ2) is 10.4. The third-order valence-corrected chi connectivity index (χ3v) is 6.16. The molecule has 0 N–H and O–H groups in total. The topological polar surface area (TPSA) is 73.6 Å². The highest BCUT2D eigenvalue weighted by molar-refractivity contribution is 7.81. The van der Waals surface area contributed by atoms with E-state index in [0.717, 1.165) is 12.1 Å². The Hall–Kier alpha value is -3.45. The highest BCUT2D eigenvalue weighted by Gasteiger charge is 2.44. The van der Waals surface area contributed by atoms with Crippen LogP contribution in [0.25, 0.3) is 0 Å². The molecule has 0 fully saturated rings. The Morgan fingerprint density at radius 2 is 1.80 bits per heavy atom. The number of nitrogens with zero attached hydrogens (tertiary/aromatic N) is 3. The van der Waals surface area contributed by atoms with Gasteiger partial charge < -0.3 is 14.5 Å². The number of anilines is 1. The van der Waals surface area contributed by atoms with Crippen molar-refractivity contribution in [3.05, 3.63) is 76.5 Å². The first-order valence-electron chi connectivity index (χ1n) is 10.9. The number of ether oxygens (including phenoxy) is 1. The molecule has 1 aliphatic rings. The molecule has 184 valence electrons. The fourth-order valence-corrected chi connectivity index (χ4v) is 4.62.